The molecule has 1 aromatic carbocycles. The molecule has 0 aliphatic carbocycles. The Labute approximate surface area is 109 Å². The molecule has 0 radical (unpaired) electrons. The molecule has 2 N–H and O–H groups in total. The van der Waals surface area contributed by atoms with Gasteiger partial charge in [-0.05, 0) is 29.5 Å². The molecule has 0 aliphatic rings. The van der Waals surface area contributed by atoms with Crippen molar-refractivity contribution in [1.29, 1.82) is 0 Å². The van der Waals surface area contributed by atoms with Crippen molar-refractivity contribution in [2.45, 2.75) is 13.0 Å². The van der Waals surface area contributed by atoms with Gasteiger partial charge in [0.15, 0.2) is 0 Å². The molecule has 0 aliphatic heterocycles. The van der Waals surface area contributed by atoms with Crippen LogP contribution < -0.4 is 5.73 Å². The molecule has 0 bridgehead atoms. The van der Waals surface area contributed by atoms with Crippen LogP contribution in [0.15, 0.2) is 29.6 Å². The summed E-state index contributed by atoms with van der Waals surface area (Å²) in [6.07, 6.45) is 0. The van der Waals surface area contributed by atoms with Crippen LogP contribution in [-0.4, -0.2) is 0 Å². The van der Waals surface area contributed by atoms with E-state index in [4.69, 9.17) is 28.9 Å². The Bertz CT molecular complexity index is 507. The molecule has 84 valence electrons. The van der Waals surface area contributed by atoms with Crippen molar-refractivity contribution in [3.8, 4) is 0 Å². The van der Waals surface area contributed by atoms with Crippen LogP contribution in [-0.2, 0) is 0 Å². The first kappa shape index (κ1) is 11.9. The van der Waals surface area contributed by atoms with Crippen molar-refractivity contribution in [2.24, 2.45) is 5.73 Å². The van der Waals surface area contributed by atoms with Crippen LogP contribution in [0.25, 0.3) is 0 Å². The highest BCUT2D eigenvalue weighted by Gasteiger charge is 2.17. The van der Waals surface area contributed by atoms with Gasteiger partial charge in [0.25, 0.3) is 0 Å². The maximum atomic E-state index is 6.24. The van der Waals surface area contributed by atoms with E-state index >= 15 is 0 Å². The number of nitrogens with two attached hydrogens (primary N) is 1. The number of hydrogen-bond donors (Lipinski definition) is 1. The summed E-state index contributed by atoms with van der Waals surface area (Å²) in [5.41, 5.74) is 8.12. The van der Waals surface area contributed by atoms with Crippen molar-refractivity contribution >= 4 is 34.5 Å². The molecule has 16 heavy (non-hydrogen) atoms. The van der Waals surface area contributed by atoms with Gasteiger partial charge in [-0.2, -0.15) is 0 Å². The van der Waals surface area contributed by atoms with Crippen molar-refractivity contribution < 1.29 is 0 Å². The minimum absolute atomic E-state index is 0.250. The SMILES string of the molecule is Cc1cccc(C(N)c2sccc2Cl)c1Cl. The molecule has 1 heterocycles. The van der Waals surface area contributed by atoms with Crippen molar-refractivity contribution in [3.63, 3.8) is 0 Å². The number of rotatable bonds is 2. The normalized spacial score (nSPS) is 12.8. The summed E-state index contributed by atoms with van der Waals surface area (Å²) in [5, 5.41) is 3.36. The molecule has 1 nitrogen and oxygen atoms in total. The summed E-state index contributed by atoms with van der Waals surface area (Å²) in [7, 11) is 0. The molecule has 0 saturated carbocycles. The zero-order valence-corrected chi connectivity index (χ0v) is 11.0. The predicted octanol–water partition coefficient (Wildman–Crippen LogP) is 4.41. The molecule has 0 fully saturated rings. The minimum Gasteiger partial charge on any atom is -0.320 e. The molecule has 0 saturated heterocycles. The average Bonchev–Trinajstić information content (AvgIpc) is 2.68. The van der Waals surface area contributed by atoms with Crippen molar-refractivity contribution in [3.05, 3.63) is 55.7 Å². The summed E-state index contributed by atoms with van der Waals surface area (Å²) in [4.78, 5) is 0.953. The van der Waals surface area contributed by atoms with E-state index in [0.717, 1.165) is 21.0 Å². The maximum absolute atomic E-state index is 6.24. The summed E-state index contributed by atoms with van der Waals surface area (Å²) in [6, 6.07) is 7.47. The van der Waals surface area contributed by atoms with E-state index in [1.54, 1.807) is 11.3 Å². The zero-order chi connectivity index (χ0) is 11.7. The van der Waals surface area contributed by atoms with Gasteiger partial charge in [-0.3, -0.25) is 0 Å². The topological polar surface area (TPSA) is 26.0 Å². The molecular formula is C12H11Cl2NS. The van der Waals surface area contributed by atoms with Crippen LogP contribution in [0.2, 0.25) is 10.0 Å². The van der Waals surface area contributed by atoms with Gasteiger partial charge in [-0.15, -0.1) is 11.3 Å². The van der Waals surface area contributed by atoms with Gasteiger partial charge in [-0.25, -0.2) is 0 Å². The van der Waals surface area contributed by atoms with Crippen LogP contribution in [0, 0.1) is 6.92 Å². The highest BCUT2D eigenvalue weighted by Crippen LogP contribution is 2.35. The van der Waals surface area contributed by atoms with E-state index < -0.39 is 0 Å². The van der Waals surface area contributed by atoms with Gasteiger partial charge in [0.1, 0.15) is 0 Å². The third-order valence-corrected chi connectivity index (χ3v) is 4.44. The molecule has 1 unspecified atom stereocenters. The Morgan fingerprint density at radius 2 is 2.00 bits per heavy atom. The van der Waals surface area contributed by atoms with Crippen molar-refractivity contribution in [2.75, 3.05) is 0 Å². The van der Waals surface area contributed by atoms with Crippen LogP contribution in [0.3, 0.4) is 0 Å². The number of thiophene rings is 1. The molecule has 0 amide bonds. The monoisotopic (exact) mass is 271 g/mol. The third kappa shape index (κ3) is 2.11. The standard InChI is InChI=1S/C12H11Cl2NS/c1-7-3-2-4-8(10(7)14)11(15)12-9(13)5-6-16-12/h2-6,11H,15H2,1H3. The molecular weight excluding hydrogens is 261 g/mol. The molecule has 4 heteroatoms. The second kappa shape index (κ2) is 4.76. The van der Waals surface area contributed by atoms with E-state index in [2.05, 4.69) is 0 Å². The fourth-order valence-corrected chi connectivity index (χ4v) is 3.02. The molecule has 1 aromatic heterocycles. The fourth-order valence-electron chi connectivity index (χ4n) is 1.58. The Hall–Kier alpha value is -0.540. The lowest BCUT2D eigenvalue weighted by Crippen LogP contribution is -2.11. The lowest BCUT2D eigenvalue weighted by Gasteiger charge is -2.14. The first-order valence-electron chi connectivity index (χ1n) is 4.84. The Morgan fingerprint density at radius 1 is 1.25 bits per heavy atom. The fraction of sp³-hybridized carbons (Fsp3) is 0.167. The molecule has 2 rings (SSSR count). The van der Waals surface area contributed by atoms with Crippen LogP contribution in [0.5, 0.6) is 0 Å². The third-order valence-electron chi connectivity index (χ3n) is 2.48. The quantitative estimate of drug-likeness (QED) is 0.860. The zero-order valence-electron chi connectivity index (χ0n) is 8.71. The van der Waals surface area contributed by atoms with E-state index in [-0.39, 0.29) is 6.04 Å². The average molecular weight is 272 g/mol. The smallest absolute Gasteiger partial charge is 0.0675 e. The first-order chi connectivity index (χ1) is 7.61. The largest absolute Gasteiger partial charge is 0.320 e. The first-order valence-corrected chi connectivity index (χ1v) is 6.48. The summed E-state index contributed by atoms with van der Waals surface area (Å²) in [5.74, 6) is 0. The lowest BCUT2D eigenvalue weighted by atomic mass is 10.0. The second-order valence-electron chi connectivity index (χ2n) is 3.59. The highest BCUT2D eigenvalue weighted by molar-refractivity contribution is 7.10. The van der Waals surface area contributed by atoms with Crippen LogP contribution in [0.4, 0.5) is 0 Å². The number of halogens is 2. The van der Waals surface area contributed by atoms with Gasteiger partial charge >= 0.3 is 0 Å². The maximum Gasteiger partial charge on any atom is 0.0675 e. The molecule has 1 atom stereocenters. The van der Waals surface area contributed by atoms with Gasteiger partial charge < -0.3 is 5.73 Å². The second-order valence-corrected chi connectivity index (χ2v) is 5.32. The Balaban J connectivity index is 2.46. The lowest BCUT2D eigenvalue weighted by molar-refractivity contribution is 0.892. The minimum atomic E-state index is -0.250. The van der Waals surface area contributed by atoms with E-state index in [1.165, 1.54) is 0 Å². The van der Waals surface area contributed by atoms with E-state index in [0.29, 0.717) is 5.02 Å². The Kier molecular flexibility index (Phi) is 3.55. The Morgan fingerprint density at radius 3 is 2.62 bits per heavy atom. The predicted molar refractivity (Wildman–Crippen MR) is 71.5 cm³/mol. The van der Waals surface area contributed by atoms with Crippen molar-refractivity contribution in [1.82, 2.24) is 0 Å². The molecule has 0 spiro atoms. The number of benzene rings is 1. The number of hydrogen-bond acceptors (Lipinski definition) is 2. The van der Waals surface area contributed by atoms with Gasteiger partial charge in [0, 0.05) is 9.90 Å². The van der Waals surface area contributed by atoms with E-state index in [1.807, 2.05) is 36.6 Å². The summed E-state index contributed by atoms with van der Waals surface area (Å²) < 4.78 is 0. The van der Waals surface area contributed by atoms with Gasteiger partial charge in [-0.1, -0.05) is 41.4 Å². The molecule has 2 aromatic rings. The van der Waals surface area contributed by atoms with Crippen LogP contribution >= 0.6 is 34.5 Å². The highest BCUT2D eigenvalue weighted by atomic mass is 35.5. The van der Waals surface area contributed by atoms with Gasteiger partial charge in [0.2, 0.25) is 0 Å². The van der Waals surface area contributed by atoms with E-state index in [9.17, 15) is 0 Å². The van der Waals surface area contributed by atoms with Crippen LogP contribution in [0.1, 0.15) is 22.0 Å². The summed E-state index contributed by atoms with van der Waals surface area (Å²) >= 11 is 13.9. The number of aryl methyl sites for hydroxylation is 1. The summed E-state index contributed by atoms with van der Waals surface area (Å²) in [6.45, 7) is 1.97. The van der Waals surface area contributed by atoms with Gasteiger partial charge in [0.05, 0.1) is 11.1 Å².